The van der Waals surface area contributed by atoms with Crippen molar-refractivity contribution in [3.63, 3.8) is 0 Å². The van der Waals surface area contributed by atoms with Gasteiger partial charge in [0.1, 0.15) is 30.1 Å². The number of rotatable bonds is 6. The average molecular weight is 338 g/mol. The molecule has 0 amide bonds. The average Bonchev–Trinajstić information content (AvgIpc) is 3.13. The zero-order valence-electron chi connectivity index (χ0n) is 13.6. The van der Waals surface area contributed by atoms with Crippen molar-refractivity contribution in [2.75, 3.05) is 14.2 Å². The molecular weight excluding hydrogens is 324 g/mol. The molecule has 25 heavy (non-hydrogen) atoms. The summed E-state index contributed by atoms with van der Waals surface area (Å²) in [6.45, 7) is 0.0875. The predicted molar refractivity (Wildman–Crippen MR) is 86.6 cm³/mol. The lowest BCUT2D eigenvalue weighted by atomic mass is 10.1. The molecule has 1 aromatic heterocycles. The third-order valence-corrected chi connectivity index (χ3v) is 3.16. The van der Waals surface area contributed by atoms with Crippen LogP contribution in [0, 0.1) is 22.7 Å². The van der Waals surface area contributed by atoms with Crippen LogP contribution in [0.5, 0.6) is 11.5 Å². The van der Waals surface area contributed by atoms with Crippen molar-refractivity contribution in [2.24, 2.45) is 0 Å². The number of hydrogen-bond acceptors (Lipinski definition) is 7. The molecule has 126 valence electrons. The van der Waals surface area contributed by atoms with Gasteiger partial charge in [-0.15, -0.1) is 0 Å². The van der Waals surface area contributed by atoms with Crippen LogP contribution in [0.2, 0.25) is 0 Å². The molecule has 0 aliphatic heterocycles. The largest absolute Gasteiger partial charge is 0.493 e. The number of methoxy groups -OCH3 is 2. The van der Waals surface area contributed by atoms with E-state index in [-0.39, 0.29) is 17.9 Å². The van der Waals surface area contributed by atoms with Crippen LogP contribution in [-0.2, 0) is 11.3 Å². The van der Waals surface area contributed by atoms with Crippen molar-refractivity contribution in [1.82, 2.24) is 0 Å². The zero-order chi connectivity index (χ0) is 18.2. The molecule has 1 heterocycles. The Labute approximate surface area is 144 Å². The van der Waals surface area contributed by atoms with Gasteiger partial charge in [0, 0.05) is 0 Å². The molecule has 0 unspecified atom stereocenters. The Hall–Kier alpha value is -3.71. The van der Waals surface area contributed by atoms with Crippen molar-refractivity contribution < 1.29 is 23.4 Å². The Morgan fingerprint density at radius 1 is 1.16 bits per heavy atom. The highest BCUT2D eigenvalue weighted by Gasteiger charge is 2.12. The van der Waals surface area contributed by atoms with E-state index in [1.807, 2.05) is 0 Å². The maximum absolute atomic E-state index is 11.3. The lowest BCUT2D eigenvalue weighted by Crippen LogP contribution is -1.99. The van der Waals surface area contributed by atoms with Gasteiger partial charge in [-0.25, -0.2) is 4.79 Å². The Kier molecular flexibility index (Phi) is 5.81. The van der Waals surface area contributed by atoms with Gasteiger partial charge in [-0.2, -0.15) is 10.5 Å². The lowest BCUT2D eigenvalue weighted by molar-refractivity contribution is 0.0561. The monoisotopic (exact) mass is 338 g/mol. The van der Waals surface area contributed by atoms with E-state index in [1.165, 1.54) is 26.4 Å². The summed E-state index contributed by atoms with van der Waals surface area (Å²) in [6, 6.07) is 11.7. The molecule has 1 aromatic carbocycles. The minimum Gasteiger partial charge on any atom is -0.493 e. The van der Waals surface area contributed by atoms with E-state index in [4.69, 9.17) is 24.4 Å². The van der Waals surface area contributed by atoms with Gasteiger partial charge in [-0.3, -0.25) is 0 Å². The van der Waals surface area contributed by atoms with E-state index < -0.39 is 5.97 Å². The summed E-state index contributed by atoms with van der Waals surface area (Å²) in [5, 5.41) is 17.6. The van der Waals surface area contributed by atoms with E-state index in [0.717, 1.165) is 0 Å². The second-order valence-corrected chi connectivity index (χ2v) is 4.74. The van der Waals surface area contributed by atoms with Crippen LogP contribution in [0.1, 0.15) is 21.9 Å². The minimum absolute atomic E-state index is 0.0124. The summed E-state index contributed by atoms with van der Waals surface area (Å²) >= 11 is 0. The SMILES string of the molecule is COC(=O)c1ccc(COc2ccc(C=C(C#N)C#N)cc2OC)o1. The van der Waals surface area contributed by atoms with E-state index in [9.17, 15) is 4.79 Å². The molecule has 0 bridgehead atoms. The fraction of sp³-hybridized carbons (Fsp3) is 0.167. The highest BCUT2D eigenvalue weighted by molar-refractivity contribution is 5.86. The van der Waals surface area contributed by atoms with Gasteiger partial charge in [-0.05, 0) is 35.9 Å². The molecule has 0 atom stereocenters. The molecule has 0 N–H and O–H groups in total. The van der Waals surface area contributed by atoms with Crippen molar-refractivity contribution in [3.8, 4) is 23.6 Å². The number of allylic oxidation sites excluding steroid dienone is 1. The van der Waals surface area contributed by atoms with E-state index >= 15 is 0 Å². The van der Waals surface area contributed by atoms with Crippen molar-refractivity contribution in [1.29, 1.82) is 10.5 Å². The Bertz CT molecular complexity index is 868. The number of nitrogens with zero attached hydrogens (tertiary/aromatic N) is 2. The number of hydrogen-bond donors (Lipinski definition) is 0. The smallest absolute Gasteiger partial charge is 0.373 e. The third-order valence-electron chi connectivity index (χ3n) is 3.16. The second kappa shape index (κ2) is 8.23. The summed E-state index contributed by atoms with van der Waals surface area (Å²) in [7, 11) is 2.75. The van der Waals surface area contributed by atoms with Gasteiger partial charge >= 0.3 is 5.97 Å². The lowest BCUT2D eigenvalue weighted by Gasteiger charge is -2.10. The van der Waals surface area contributed by atoms with Crippen molar-refractivity contribution in [3.05, 3.63) is 53.0 Å². The molecule has 0 saturated heterocycles. The molecule has 7 nitrogen and oxygen atoms in total. The van der Waals surface area contributed by atoms with Crippen LogP contribution in [0.25, 0.3) is 6.08 Å². The van der Waals surface area contributed by atoms with E-state index in [2.05, 4.69) is 4.74 Å². The molecule has 7 heteroatoms. The molecule has 2 aromatic rings. The first-order chi connectivity index (χ1) is 12.1. The van der Waals surface area contributed by atoms with E-state index in [0.29, 0.717) is 22.8 Å². The normalized spacial score (nSPS) is 9.44. The fourth-order valence-electron chi connectivity index (χ4n) is 1.96. The van der Waals surface area contributed by atoms with E-state index in [1.54, 1.807) is 36.4 Å². The van der Waals surface area contributed by atoms with Crippen LogP contribution < -0.4 is 9.47 Å². The van der Waals surface area contributed by atoms with Gasteiger partial charge < -0.3 is 18.6 Å². The molecule has 2 rings (SSSR count). The van der Waals surface area contributed by atoms with Crippen molar-refractivity contribution in [2.45, 2.75) is 6.61 Å². The van der Waals surface area contributed by atoms with Crippen LogP contribution in [0.4, 0.5) is 0 Å². The predicted octanol–water partition coefficient (Wildman–Crippen LogP) is 3.08. The van der Waals surface area contributed by atoms with Crippen LogP contribution in [-0.4, -0.2) is 20.2 Å². The Morgan fingerprint density at radius 2 is 1.92 bits per heavy atom. The van der Waals surface area contributed by atoms with Gasteiger partial charge in [0.05, 0.1) is 14.2 Å². The number of furan rings is 1. The highest BCUT2D eigenvalue weighted by Crippen LogP contribution is 2.29. The molecule has 0 saturated carbocycles. The van der Waals surface area contributed by atoms with Gasteiger partial charge in [0.25, 0.3) is 0 Å². The highest BCUT2D eigenvalue weighted by atomic mass is 16.5. The van der Waals surface area contributed by atoms with Crippen LogP contribution in [0.3, 0.4) is 0 Å². The summed E-state index contributed by atoms with van der Waals surface area (Å²) in [5.74, 6) is 0.859. The van der Waals surface area contributed by atoms with Gasteiger partial charge in [0.15, 0.2) is 11.5 Å². The third kappa shape index (κ3) is 4.40. The van der Waals surface area contributed by atoms with Crippen molar-refractivity contribution >= 4 is 12.0 Å². The molecule has 0 spiro atoms. The number of nitriles is 2. The minimum atomic E-state index is -0.564. The fourth-order valence-corrected chi connectivity index (χ4v) is 1.96. The first-order valence-electron chi connectivity index (χ1n) is 7.11. The molecule has 0 aliphatic carbocycles. The number of carbonyl (C=O) groups excluding carboxylic acids is 1. The Morgan fingerprint density at radius 3 is 2.56 bits per heavy atom. The summed E-state index contributed by atoms with van der Waals surface area (Å²) < 4.78 is 20.8. The quantitative estimate of drug-likeness (QED) is 0.588. The molecule has 0 radical (unpaired) electrons. The van der Waals surface area contributed by atoms with Gasteiger partial charge in [-0.1, -0.05) is 6.07 Å². The summed E-state index contributed by atoms with van der Waals surface area (Å²) in [6.07, 6.45) is 1.45. The van der Waals surface area contributed by atoms with Gasteiger partial charge in [0.2, 0.25) is 5.76 Å². The van der Waals surface area contributed by atoms with Crippen LogP contribution in [0.15, 0.2) is 40.3 Å². The number of carbonyl (C=O) groups is 1. The molecule has 0 aliphatic rings. The molecule has 0 fully saturated rings. The first kappa shape index (κ1) is 17.6. The standard InChI is InChI=1S/C18H14N2O5/c1-22-17-8-12(7-13(9-19)10-20)3-5-15(17)24-11-14-4-6-16(25-14)18(21)23-2/h3-8H,11H2,1-2H3. The summed E-state index contributed by atoms with van der Waals surface area (Å²) in [5.41, 5.74) is 0.620. The second-order valence-electron chi connectivity index (χ2n) is 4.74. The Balaban J connectivity index is 2.14. The maximum Gasteiger partial charge on any atom is 0.373 e. The zero-order valence-corrected chi connectivity index (χ0v) is 13.6. The number of esters is 1. The topological polar surface area (TPSA) is 105 Å². The maximum atomic E-state index is 11.3. The number of ether oxygens (including phenoxy) is 3. The van der Waals surface area contributed by atoms with Crippen LogP contribution >= 0.6 is 0 Å². The number of benzene rings is 1. The first-order valence-corrected chi connectivity index (χ1v) is 7.11. The molecular formula is C18H14N2O5. The summed E-state index contributed by atoms with van der Waals surface area (Å²) in [4.78, 5) is 11.3.